The Morgan fingerprint density at radius 2 is 1.75 bits per heavy atom. The summed E-state index contributed by atoms with van der Waals surface area (Å²) in [6.07, 6.45) is 1.75. The number of urea groups is 1. The van der Waals surface area contributed by atoms with E-state index in [4.69, 9.17) is 14.5 Å². The lowest BCUT2D eigenvalue weighted by atomic mass is 10.1. The van der Waals surface area contributed by atoms with Crippen LogP contribution in [0.5, 0.6) is 11.5 Å². The zero-order chi connectivity index (χ0) is 22.5. The van der Waals surface area contributed by atoms with Gasteiger partial charge in [-0.3, -0.25) is 0 Å². The summed E-state index contributed by atoms with van der Waals surface area (Å²) in [5, 5.41) is 5.70. The number of carbonyl (C=O) groups is 1. The van der Waals surface area contributed by atoms with Gasteiger partial charge >= 0.3 is 6.03 Å². The first-order valence-corrected chi connectivity index (χ1v) is 10.2. The second-order valence-electron chi connectivity index (χ2n) is 7.28. The van der Waals surface area contributed by atoms with Crippen molar-refractivity contribution in [2.75, 3.05) is 26.1 Å². The molecular weight excluding hydrogens is 406 g/mol. The predicted octanol–water partition coefficient (Wildman–Crippen LogP) is 4.25. The number of ether oxygens (including phenoxy) is 2. The average Bonchev–Trinajstić information content (AvgIpc) is 3.18. The number of aromatic nitrogens is 3. The molecule has 0 aliphatic heterocycles. The minimum Gasteiger partial charge on any atom is -0.497 e. The van der Waals surface area contributed by atoms with Gasteiger partial charge in [-0.15, -0.1) is 0 Å². The zero-order valence-corrected chi connectivity index (χ0v) is 18.3. The molecule has 0 aliphatic rings. The highest BCUT2D eigenvalue weighted by Gasteiger charge is 2.14. The van der Waals surface area contributed by atoms with Crippen LogP contribution in [0.2, 0.25) is 0 Å². The van der Waals surface area contributed by atoms with Crippen LogP contribution in [0, 0.1) is 6.92 Å². The summed E-state index contributed by atoms with van der Waals surface area (Å²) in [6, 6.07) is 16.9. The summed E-state index contributed by atoms with van der Waals surface area (Å²) in [5.74, 6) is 2.01. The standard InChI is InChI=1S/C24H25N5O3/c1-16-6-8-17(9-7-16)22-28-21-5-4-10-25-23(21)29(22)12-11-26-24(30)27-18-13-19(31-2)15-20(14-18)32-3/h4-10,13-15H,11-12H2,1-3H3,(H2,26,27,30). The number of carbonyl (C=O) groups excluding carboxylic acids is 1. The van der Waals surface area contributed by atoms with Crippen molar-refractivity contribution < 1.29 is 14.3 Å². The third-order valence-corrected chi connectivity index (χ3v) is 5.04. The van der Waals surface area contributed by atoms with Gasteiger partial charge in [0.2, 0.25) is 0 Å². The number of anilines is 1. The maximum atomic E-state index is 12.5. The number of fused-ring (bicyclic) bond motifs is 1. The molecule has 0 radical (unpaired) electrons. The number of nitrogens with zero attached hydrogens (tertiary/aromatic N) is 3. The molecule has 2 N–H and O–H groups in total. The van der Waals surface area contributed by atoms with E-state index in [2.05, 4.69) is 34.7 Å². The summed E-state index contributed by atoms with van der Waals surface area (Å²) in [5.41, 5.74) is 4.36. The first kappa shape index (κ1) is 21.2. The maximum Gasteiger partial charge on any atom is 0.319 e. The largest absolute Gasteiger partial charge is 0.497 e. The number of nitrogens with one attached hydrogen (secondary N) is 2. The molecule has 0 unspecified atom stereocenters. The highest BCUT2D eigenvalue weighted by atomic mass is 16.5. The summed E-state index contributed by atoms with van der Waals surface area (Å²) in [6.45, 7) is 2.97. The fraction of sp³-hybridized carbons (Fsp3) is 0.208. The number of benzene rings is 2. The fourth-order valence-corrected chi connectivity index (χ4v) is 3.43. The first-order valence-electron chi connectivity index (χ1n) is 10.2. The van der Waals surface area contributed by atoms with Gasteiger partial charge in [0.05, 0.1) is 14.2 Å². The van der Waals surface area contributed by atoms with Gasteiger partial charge in [-0.05, 0) is 19.1 Å². The number of imidazole rings is 1. The smallest absolute Gasteiger partial charge is 0.319 e. The van der Waals surface area contributed by atoms with Crippen LogP contribution in [-0.2, 0) is 6.54 Å². The molecule has 0 saturated carbocycles. The SMILES string of the molecule is COc1cc(NC(=O)NCCn2c(-c3ccc(C)cc3)nc3cccnc32)cc(OC)c1. The van der Waals surface area contributed by atoms with E-state index in [0.29, 0.717) is 30.3 Å². The van der Waals surface area contributed by atoms with Crippen molar-refractivity contribution in [1.82, 2.24) is 19.9 Å². The Bertz CT molecular complexity index is 1210. The van der Waals surface area contributed by atoms with Crippen LogP contribution in [-0.4, -0.2) is 41.3 Å². The lowest BCUT2D eigenvalue weighted by molar-refractivity contribution is 0.251. The molecule has 2 heterocycles. The Morgan fingerprint density at radius 1 is 1.03 bits per heavy atom. The molecule has 32 heavy (non-hydrogen) atoms. The van der Waals surface area contributed by atoms with E-state index in [-0.39, 0.29) is 6.03 Å². The first-order chi connectivity index (χ1) is 15.6. The van der Waals surface area contributed by atoms with Crippen LogP contribution in [0.3, 0.4) is 0 Å². The molecule has 4 rings (SSSR count). The lowest BCUT2D eigenvalue weighted by Gasteiger charge is -2.12. The van der Waals surface area contributed by atoms with Gasteiger partial charge in [-0.2, -0.15) is 0 Å². The van der Waals surface area contributed by atoms with E-state index in [1.807, 2.05) is 28.8 Å². The van der Waals surface area contributed by atoms with Gasteiger partial charge < -0.3 is 24.7 Å². The molecule has 164 valence electrons. The van der Waals surface area contributed by atoms with Gasteiger partial charge in [0.15, 0.2) is 5.65 Å². The van der Waals surface area contributed by atoms with Crippen LogP contribution in [0.4, 0.5) is 10.5 Å². The molecule has 0 saturated heterocycles. The minimum absolute atomic E-state index is 0.324. The van der Waals surface area contributed by atoms with Crippen LogP contribution < -0.4 is 20.1 Å². The van der Waals surface area contributed by atoms with Crippen molar-refractivity contribution in [2.45, 2.75) is 13.5 Å². The molecule has 0 fully saturated rings. The Hall–Kier alpha value is -4.07. The molecule has 8 nitrogen and oxygen atoms in total. The Kier molecular flexibility index (Phi) is 6.21. The van der Waals surface area contributed by atoms with Crippen molar-refractivity contribution in [1.29, 1.82) is 0 Å². The third-order valence-electron chi connectivity index (χ3n) is 5.04. The number of hydrogen-bond acceptors (Lipinski definition) is 5. The molecule has 8 heteroatoms. The van der Waals surface area contributed by atoms with Gasteiger partial charge in [-0.25, -0.2) is 14.8 Å². The number of amides is 2. The van der Waals surface area contributed by atoms with Gasteiger partial charge in [0, 0.05) is 48.7 Å². The van der Waals surface area contributed by atoms with Gasteiger partial charge in [0.1, 0.15) is 22.8 Å². The van der Waals surface area contributed by atoms with E-state index >= 15 is 0 Å². The second-order valence-corrected chi connectivity index (χ2v) is 7.28. The summed E-state index contributed by atoms with van der Waals surface area (Å²) in [4.78, 5) is 21.7. The van der Waals surface area contributed by atoms with E-state index in [9.17, 15) is 4.79 Å². The molecular formula is C24H25N5O3. The summed E-state index contributed by atoms with van der Waals surface area (Å²) >= 11 is 0. The van der Waals surface area contributed by atoms with E-state index in [0.717, 1.165) is 22.6 Å². The third kappa shape index (κ3) is 4.64. The van der Waals surface area contributed by atoms with Gasteiger partial charge in [-0.1, -0.05) is 29.8 Å². The lowest BCUT2D eigenvalue weighted by Crippen LogP contribution is -2.31. The molecule has 4 aromatic rings. The average molecular weight is 431 g/mol. The Balaban J connectivity index is 1.48. The Morgan fingerprint density at radius 3 is 2.44 bits per heavy atom. The van der Waals surface area contributed by atoms with E-state index < -0.39 is 0 Å². The molecule has 0 spiro atoms. The highest BCUT2D eigenvalue weighted by molar-refractivity contribution is 5.89. The zero-order valence-electron chi connectivity index (χ0n) is 18.3. The van der Waals surface area contributed by atoms with E-state index in [1.54, 1.807) is 38.6 Å². The van der Waals surface area contributed by atoms with Crippen molar-refractivity contribution in [3.05, 3.63) is 66.4 Å². The monoisotopic (exact) mass is 431 g/mol. The second kappa shape index (κ2) is 9.38. The number of rotatable bonds is 7. The predicted molar refractivity (Wildman–Crippen MR) is 124 cm³/mol. The summed E-state index contributed by atoms with van der Waals surface area (Å²) in [7, 11) is 3.13. The number of hydrogen-bond donors (Lipinski definition) is 2. The number of pyridine rings is 1. The fourth-order valence-electron chi connectivity index (χ4n) is 3.43. The van der Waals surface area contributed by atoms with Crippen molar-refractivity contribution >= 4 is 22.9 Å². The molecule has 2 aromatic heterocycles. The van der Waals surface area contributed by atoms with Crippen LogP contribution in [0.15, 0.2) is 60.8 Å². The molecule has 0 aliphatic carbocycles. The Labute approximate surface area is 186 Å². The van der Waals surface area contributed by atoms with Gasteiger partial charge in [0.25, 0.3) is 0 Å². The van der Waals surface area contributed by atoms with Crippen molar-refractivity contribution in [2.24, 2.45) is 0 Å². The molecule has 2 amide bonds. The quantitative estimate of drug-likeness (QED) is 0.457. The minimum atomic E-state index is -0.324. The van der Waals surface area contributed by atoms with Crippen molar-refractivity contribution in [3.63, 3.8) is 0 Å². The number of aryl methyl sites for hydroxylation is 1. The molecule has 0 atom stereocenters. The molecule has 0 bridgehead atoms. The van der Waals surface area contributed by atoms with E-state index in [1.165, 1.54) is 5.56 Å². The number of methoxy groups -OCH3 is 2. The topological polar surface area (TPSA) is 90.3 Å². The summed E-state index contributed by atoms with van der Waals surface area (Å²) < 4.78 is 12.5. The van der Waals surface area contributed by atoms with Crippen LogP contribution >= 0.6 is 0 Å². The molecule has 2 aromatic carbocycles. The highest BCUT2D eigenvalue weighted by Crippen LogP contribution is 2.26. The van der Waals surface area contributed by atoms with Crippen molar-refractivity contribution in [3.8, 4) is 22.9 Å². The van der Waals surface area contributed by atoms with Crippen LogP contribution in [0.1, 0.15) is 5.56 Å². The normalized spacial score (nSPS) is 10.7. The van der Waals surface area contributed by atoms with Crippen LogP contribution in [0.25, 0.3) is 22.6 Å². The maximum absolute atomic E-state index is 12.5.